The van der Waals surface area contributed by atoms with Crippen molar-refractivity contribution < 1.29 is 31.1 Å². The molecule has 6 nitrogen and oxygen atoms in total. The zero-order valence-corrected chi connectivity index (χ0v) is 17.2. The SMILES string of the molecule is O=C(COc1ccc(Cl)cc1)N1CCN(S(=O)(=O)c2cccc(C(F)(F)F)c2)CC1. The zero-order chi connectivity index (χ0) is 21.9. The summed E-state index contributed by atoms with van der Waals surface area (Å²) in [5.74, 6) is 0.152. The Hall–Kier alpha value is -2.30. The van der Waals surface area contributed by atoms with Gasteiger partial charge in [0, 0.05) is 31.2 Å². The lowest BCUT2D eigenvalue weighted by atomic mass is 10.2. The lowest BCUT2D eigenvalue weighted by Gasteiger charge is -2.34. The summed E-state index contributed by atoms with van der Waals surface area (Å²) in [5, 5.41) is 0.534. The van der Waals surface area contributed by atoms with Crippen molar-refractivity contribution in [3.8, 4) is 5.75 Å². The normalized spacial score (nSPS) is 15.8. The number of alkyl halides is 3. The summed E-state index contributed by atoms with van der Waals surface area (Å²) in [4.78, 5) is 13.3. The highest BCUT2D eigenvalue weighted by molar-refractivity contribution is 7.89. The minimum Gasteiger partial charge on any atom is -0.484 e. The maximum atomic E-state index is 12.9. The predicted molar refractivity (Wildman–Crippen MR) is 104 cm³/mol. The van der Waals surface area contributed by atoms with Gasteiger partial charge in [-0.1, -0.05) is 17.7 Å². The first-order valence-electron chi connectivity index (χ1n) is 8.91. The molecule has 162 valence electrons. The number of rotatable bonds is 5. The fourth-order valence-corrected chi connectivity index (χ4v) is 4.52. The van der Waals surface area contributed by atoms with Gasteiger partial charge in [0.15, 0.2) is 6.61 Å². The average Bonchev–Trinajstić information content (AvgIpc) is 2.72. The summed E-state index contributed by atoms with van der Waals surface area (Å²) in [5.41, 5.74) is -1.03. The number of ether oxygens (including phenoxy) is 1. The predicted octanol–water partition coefficient (Wildman–Crippen LogP) is 3.27. The van der Waals surface area contributed by atoms with Crippen molar-refractivity contribution in [2.75, 3.05) is 32.8 Å². The van der Waals surface area contributed by atoms with Gasteiger partial charge < -0.3 is 9.64 Å². The molecular formula is C19H18ClF3N2O4S. The van der Waals surface area contributed by atoms with Gasteiger partial charge in [-0.2, -0.15) is 17.5 Å². The Bertz CT molecular complexity index is 1010. The molecule has 3 rings (SSSR count). The standard InChI is InChI=1S/C19H18ClF3N2O4S/c20-15-4-6-16(7-5-15)29-13-18(26)24-8-10-25(11-9-24)30(27,28)17-3-1-2-14(12-17)19(21,22)23/h1-7,12H,8-11,13H2. The monoisotopic (exact) mass is 462 g/mol. The Morgan fingerprint density at radius 3 is 2.27 bits per heavy atom. The first kappa shape index (κ1) is 22.4. The lowest BCUT2D eigenvalue weighted by molar-refractivity contribution is -0.138. The molecule has 1 aliphatic rings. The Balaban J connectivity index is 1.59. The average molecular weight is 463 g/mol. The number of halogens is 4. The number of hydrogen-bond acceptors (Lipinski definition) is 4. The summed E-state index contributed by atoms with van der Waals surface area (Å²) in [6, 6.07) is 10.1. The number of sulfonamides is 1. The van der Waals surface area contributed by atoms with Crippen LogP contribution in [0.15, 0.2) is 53.4 Å². The van der Waals surface area contributed by atoms with Crippen LogP contribution in [0.3, 0.4) is 0 Å². The van der Waals surface area contributed by atoms with E-state index in [4.69, 9.17) is 16.3 Å². The maximum Gasteiger partial charge on any atom is 0.416 e. The number of carbonyl (C=O) groups excluding carboxylic acids is 1. The van der Waals surface area contributed by atoms with Crippen LogP contribution in [0.25, 0.3) is 0 Å². The first-order chi connectivity index (χ1) is 14.1. The van der Waals surface area contributed by atoms with Crippen molar-refractivity contribution in [3.63, 3.8) is 0 Å². The van der Waals surface area contributed by atoms with Crippen molar-refractivity contribution in [1.82, 2.24) is 9.21 Å². The molecule has 1 aliphatic heterocycles. The molecule has 0 saturated carbocycles. The quantitative estimate of drug-likeness (QED) is 0.684. The third-order valence-corrected chi connectivity index (χ3v) is 6.71. The van der Waals surface area contributed by atoms with Crippen molar-refractivity contribution >= 4 is 27.5 Å². The van der Waals surface area contributed by atoms with Crippen molar-refractivity contribution in [2.45, 2.75) is 11.1 Å². The molecule has 0 bridgehead atoms. The highest BCUT2D eigenvalue weighted by Gasteiger charge is 2.34. The van der Waals surface area contributed by atoms with Crippen LogP contribution in [-0.4, -0.2) is 56.3 Å². The summed E-state index contributed by atoms with van der Waals surface area (Å²) in [6.45, 7) is -0.0411. The van der Waals surface area contributed by atoms with Crippen LogP contribution in [0.5, 0.6) is 5.75 Å². The van der Waals surface area contributed by atoms with Crippen LogP contribution < -0.4 is 4.74 Å². The molecule has 0 aromatic heterocycles. The van der Waals surface area contributed by atoms with Crippen LogP contribution >= 0.6 is 11.6 Å². The molecule has 1 fully saturated rings. The third-order valence-electron chi connectivity index (χ3n) is 4.57. The number of benzene rings is 2. The van der Waals surface area contributed by atoms with Gasteiger partial charge in [-0.15, -0.1) is 0 Å². The largest absolute Gasteiger partial charge is 0.484 e. The number of hydrogen-bond donors (Lipinski definition) is 0. The number of carbonyl (C=O) groups is 1. The van der Waals surface area contributed by atoms with E-state index in [1.165, 1.54) is 4.90 Å². The van der Waals surface area contributed by atoms with Crippen molar-refractivity contribution in [1.29, 1.82) is 0 Å². The minimum atomic E-state index is -4.64. The van der Waals surface area contributed by atoms with Gasteiger partial charge >= 0.3 is 6.18 Å². The van der Waals surface area contributed by atoms with Gasteiger partial charge in [0.05, 0.1) is 10.5 Å². The molecule has 11 heteroatoms. The molecule has 0 spiro atoms. The second-order valence-electron chi connectivity index (χ2n) is 6.55. The Morgan fingerprint density at radius 2 is 1.67 bits per heavy atom. The maximum absolute atomic E-state index is 12.9. The smallest absolute Gasteiger partial charge is 0.416 e. The fourth-order valence-electron chi connectivity index (χ4n) is 2.93. The van der Waals surface area contributed by atoms with Gasteiger partial charge in [-0.3, -0.25) is 4.79 Å². The molecule has 1 saturated heterocycles. The van der Waals surface area contributed by atoms with Gasteiger partial charge in [0.2, 0.25) is 10.0 Å². The Labute approximate surface area is 176 Å². The van der Waals surface area contributed by atoms with E-state index in [2.05, 4.69) is 0 Å². The summed E-state index contributed by atoms with van der Waals surface area (Å²) in [7, 11) is -4.10. The third kappa shape index (κ3) is 5.24. The van der Waals surface area contributed by atoms with Gasteiger partial charge in [0.1, 0.15) is 5.75 Å². The van der Waals surface area contributed by atoms with E-state index in [-0.39, 0.29) is 38.7 Å². The topological polar surface area (TPSA) is 66.9 Å². The number of nitrogens with zero attached hydrogens (tertiary/aromatic N) is 2. The fraction of sp³-hybridized carbons (Fsp3) is 0.316. The Morgan fingerprint density at radius 1 is 1.03 bits per heavy atom. The van der Waals surface area contributed by atoms with Crippen LogP contribution in [-0.2, 0) is 21.0 Å². The van der Waals surface area contributed by atoms with Gasteiger partial charge in [-0.25, -0.2) is 8.42 Å². The molecule has 0 unspecified atom stereocenters. The summed E-state index contributed by atoms with van der Waals surface area (Å²) >= 11 is 5.78. The van der Waals surface area contributed by atoms with Crippen LogP contribution in [0.2, 0.25) is 5.02 Å². The Kier molecular flexibility index (Phi) is 6.59. The highest BCUT2D eigenvalue weighted by Crippen LogP contribution is 2.31. The molecule has 0 aliphatic carbocycles. The molecule has 30 heavy (non-hydrogen) atoms. The number of amides is 1. The zero-order valence-electron chi connectivity index (χ0n) is 15.6. The summed E-state index contributed by atoms with van der Waals surface area (Å²) < 4.78 is 70.5. The highest BCUT2D eigenvalue weighted by atomic mass is 35.5. The van der Waals surface area contributed by atoms with E-state index in [0.29, 0.717) is 16.8 Å². The van der Waals surface area contributed by atoms with E-state index in [1.54, 1.807) is 24.3 Å². The van der Waals surface area contributed by atoms with E-state index >= 15 is 0 Å². The van der Waals surface area contributed by atoms with Crippen LogP contribution in [0.1, 0.15) is 5.56 Å². The number of piperazine rings is 1. The minimum absolute atomic E-state index is 0.0226. The van der Waals surface area contributed by atoms with E-state index in [1.807, 2.05) is 0 Å². The molecule has 0 atom stereocenters. The van der Waals surface area contributed by atoms with E-state index < -0.39 is 26.7 Å². The van der Waals surface area contributed by atoms with Gasteiger partial charge in [-0.05, 0) is 42.5 Å². The molecule has 2 aromatic carbocycles. The van der Waals surface area contributed by atoms with Crippen molar-refractivity contribution in [3.05, 3.63) is 59.1 Å². The lowest BCUT2D eigenvalue weighted by Crippen LogP contribution is -2.51. The van der Waals surface area contributed by atoms with Crippen molar-refractivity contribution in [2.24, 2.45) is 0 Å². The van der Waals surface area contributed by atoms with E-state index in [9.17, 15) is 26.4 Å². The molecule has 1 amide bonds. The van der Waals surface area contributed by atoms with Crippen LogP contribution in [0, 0.1) is 0 Å². The molecule has 1 heterocycles. The molecule has 0 N–H and O–H groups in total. The van der Waals surface area contributed by atoms with Crippen LogP contribution in [0.4, 0.5) is 13.2 Å². The molecule has 0 radical (unpaired) electrons. The second-order valence-corrected chi connectivity index (χ2v) is 8.93. The summed E-state index contributed by atoms with van der Waals surface area (Å²) in [6.07, 6.45) is -4.64. The first-order valence-corrected chi connectivity index (χ1v) is 10.7. The van der Waals surface area contributed by atoms with Gasteiger partial charge in [0.25, 0.3) is 5.91 Å². The van der Waals surface area contributed by atoms with E-state index in [0.717, 1.165) is 22.5 Å². The molecular weight excluding hydrogens is 445 g/mol. The molecule has 2 aromatic rings. The second kappa shape index (κ2) is 8.83.